The first-order valence-corrected chi connectivity index (χ1v) is 9.45. The number of benzene rings is 1. The van der Waals surface area contributed by atoms with Gasteiger partial charge in [-0.3, -0.25) is 4.79 Å². The van der Waals surface area contributed by atoms with E-state index in [1.54, 1.807) is 26.4 Å². The number of carbonyl (C=O) groups excluding carboxylic acids is 1. The molecule has 0 atom stereocenters. The molecule has 4 fully saturated rings. The minimum atomic E-state index is -0.285. The number of allylic oxidation sites excluding steroid dienone is 1. The fourth-order valence-electron chi connectivity index (χ4n) is 5.93. The van der Waals surface area contributed by atoms with E-state index in [0.29, 0.717) is 29.3 Å². The summed E-state index contributed by atoms with van der Waals surface area (Å²) >= 11 is 0. The van der Waals surface area contributed by atoms with E-state index in [0.717, 1.165) is 24.8 Å². The molecule has 1 aromatic carbocycles. The molecule has 4 bridgehead atoms. The fourth-order valence-corrected chi connectivity index (χ4v) is 5.93. The summed E-state index contributed by atoms with van der Waals surface area (Å²) in [6.45, 7) is 0. The van der Waals surface area contributed by atoms with Gasteiger partial charge in [0, 0.05) is 5.41 Å². The van der Waals surface area contributed by atoms with Crippen LogP contribution in [-0.4, -0.2) is 20.0 Å². The predicted octanol–water partition coefficient (Wildman–Crippen LogP) is 4.40. The van der Waals surface area contributed by atoms with Crippen molar-refractivity contribution in [3.8, 4) is 17.6 Å². The molecule has 0 heterocycles. The average Bonchev–Trinajstić information content (AvgIpc) is 2.64. The van der Waals surface area contributed by atoms with Crippen molar-refractivity contribution >= 4 is 11.9 Å². The molecule has 4 aliphatic rings. The molecular formula is C22H25NO3. The molecular weight excluding hydrogens is 326 g/mol. The highest BCUT2D eigenvalue weighted by Crippen LogP contribution is 2.60. The van der Waals surface area contributed by atoms with E-state index in [4.69, 9.17) is 9.47 Å². The van der Waals surface area contributed by atoms with Crippen LogP contribution < -0.4 is 9.47 Å². The maximum absolute atomic E-state index is 13.4. The van der Waals surface area contributed by atoms with Gasteiger partial charge in [0.15, 0.2) is 17.3 Å². The van der Waals surface area contributed by atoms with Gasteiger partial charge in [-0.05, 0) is 80.1 Å². The second-order valence-electron chi connectivity index (χ2n) is 8.31. The molecule has 5 rings (SSSR count). The monoisotopic (exact) mass is 351 g/mol. The topological polar surface area (TPSA) is 59.3 Å². The van der Waals surface area contributed by atoms with Crippen LogP contribution in [0.25, 0.3) is 6.08 Å². The van der Waals surface area contributed by atoms with Gasteiger partial charge in [0.05, 0.1) is 19.8 Å². The van der Waals surface area contributed by atoms with Crippen molar-refractivity contribution in [3.63, 3.8) is 0 Å². The van der Waals surface area contributed by atoms with E-state index in [9.17, 15) is 10.1 Å². The molecule has 0 N–H and O–H groups in total. The predicted molar refractivity (Wildman–Crippen MR) is 98.7 cm³/mol. The Morgan fingerprint density at radius 3 is 2.15 bits per heavy atom. The maximum Gasteiger partial charge on any atom is 0.179 e. The lowest BCUT2D eigenvalue weighted by Gasteiger charge is -2.55. The van der Waals surface area contributed by atoms with Gasteiger partial charge in [0.1, 0.15) is 6.07 Å². The van der Waals surface area contributed by atoms with Crippen molar-refractivity contribution in [2.45, 2.75) is 38.5 Å². The number of ketones is 1. The number of rotatable bonds is 5. The lowest BCUT2D eigenvalue weighted by atomic mass is 9.48. The number of ether oxygens (including phenoxy) is 2. The van der Waals surface area contributed by atoms with Crippen LogP contribution in [0.4, 0.5) is 0 Å². The number of hydrogen-bond donors (Lipinski definition) is 0. The molecule has 26 heavy (non-hydrogen) atoms. The third-order valence-electron chi connectivity index (χ3n) is 6.60. The van der Waals surface area contributed by atoms with Crippen molar-refractivity contribution in [1.29, 1.82) is 5.26 Å². The van der Waals surface area contributed by atoms with Gasteiger partial charge in [0.25, 0.3) is 0 Å². The highest BCUT2D eigenvalue weighted by molar-refractivity contribution is 6.07. The molecule has 0 spiro atoms. The normalized spacial score (nSPS) is 32.2. The Morgan fingerprint density at radius 1 is 1.08 bits per heavy atom. The SMILES string of the molecule is COc1ccc(/C=C(\C#N)C(=O)C23CC4CC(CC(C4)C2)C3)cc1OC. The Balaban J connectivity index is 1.64. The summed E-state index contributed by atoms with van der Waals surface area (Å²) in [6, 6.07) is 7.64. The van der Waals surface area contributed by atoms with Crippen LogP contribution in [0.3, 0.4) is 0 Å². The zero-order valence-electron chi connectivity index (χ0n) is 15.5. The van der Waals surface area contributed by atoms with Crippen molar-refractivity contribution in [1.82, 2.24) is 0 Å². The Bertz CT molecular complexity index is 767. The van der Waals surface area contributed by atoms with Gasteiger partial charge in [-0.1, -0.05) is 6.07 Å². The lowest BCUT2D eigenvalue weighted by molar-refractivity contribution is -0.139. The number of Topliss-reactive ketones (excluding diaryl/α,β-unsaturated/α-hetero) is 1. The van der Waals surface area contributed by atoms with Gasteiger partial charge in [0.2, 0.25) is 0 Å². The van der Waals surface area contributed by atoms with E-state index in [-0.39, 0.29) is 16.8 Å². The number of nitriles is 1. The minimum Gasteiger partial charge on any atom is -0.493 e. The molecule has 4 aliphatic carbocycles. The van der Waals surface area contributed by atoms with Gasteiger partial charge < -0.3 is 9.47 Å². The standard InChI is InChI=1S/C22H25NO3/c1-25-19-4-3-14(9-20(19)26-2)8-18(13-23)21(24)22-10-15-5-16(11-22)7-17(6-15)12-22/h3-4,8-9,15-17H,5-7,10-12H2,1-2H3/b18-8+. The first-order valence-electron chi connectivity index (χ1n) is 9.45. The van der Waals surface area contributed by atoms with Crippen molar-refractivity contribution in [2.75, 3.05) is 14.2 Å². The fraction of sp³-hybridized carbons (Fsp3) is 0.545. The number of methoxy groups -OCH3 is 2. The minimum absolute atomic E-state index is 0.0638. The van der Waals surface area contributed by atoms with Crippen LogP contribution in [0.5, 0.6) is 11.5 Å². The Hall–Kier alpha value is -2.28. The van der Waals surface area contributed by atoms with Crippen LogP contribution in [0, 0.1) is 34.5 Å². The largest absolute Gasteiger partial charge is 0.493 e. The molecule has 0 aromatic heterocycles. The molecule has 1 aromatic rings. The number of carbonyl (C=O) groups is 1. The molecule has 136 valence electrons. The Kier molecular flexibility index (Phi) is 4.26. The quantitative estimate of drug-likeness (QED) is 0.583. The smallest absolute Gasteiger partial charge is 0.179 e. The van der Waals surface area contributed by atoms with Gasteiger partial charge in [-0.2, -0.15) is 5.26 Å². The molecule has 4 nitrogen and oxygen atoms in total. The maximum atomic E-state index is 13.4. The van der Waals surface area contributed by atoms with Crippen LogP contribution in [0.15, 0.2) is 23.8 Å². The van der Waals surface area contributed by atoms with Crippen molar-refractivity contribution in [2.24, 2.45) is 23.2 Å². The van der Waals surface area contributed by atoms with Gasteiger partial charge in [-0.25, -0.2) is 0 Å². The number of hydrogen-bond acceptors (Lipinski definition) is 4. The molecule has 0 radical (unpaired) electrons. The third kappa shape index (κ3) is 2.80. The van der Waals surface area contributed by atoms with Crippen LogP contribution in [0.2, 0.25) is 0 Å². The van der Waals surface area contributed by atoms with E-state index in [1.165, 1.54) is 19.3 Å². The van der Waals surface area contributed by atoms with Crippen molar-refractivity contribution < 1.29 is 14.3 Å². The second kappa shape index (κ2) is 6.46. The molecule has 0 amide bonds. The van der Waals surface area contributed by atoms with E-state index >= 15 is 0 Å². The van der Waals surface area contributed by atoms with Gasteiger partial charge >= 0.3 is 0 Å². The summed E-state index contributed by atoms with van der Waals surface area (Å²) in [4.78, 5) is 13.4. The highest BCUT2D eigenvalue weighted by Gasteiger charge is 2.54. The molecule has 4 heteroatoms. The molecule has 0 unspecified atom stereocenters. The van der Waals surface area contributed by atoms with Crippen LogP contribution in [-0.2, 0) is 4.79 Å². The summed E-state index contributed by atoms with van der Waals surface area (Å²) < 4.78 is 10.6. The second-order valence-corrected chi connectivity index (χ2v) is 8.31. The zero-order chi connectivity index (χ0) is 18.3. The average molecular weight is 351 g/mol. The summed E-state index contributed by atoms with van der Waals surface area (Å²) in [7, 11) is 3.17. The summed E-state index contributed by atoms with van der Waals surface area (Å²) in [5.41, 5.74) is 0.781. The summed E-state index contributed by atoms with van der Waals surface area (Å²) in [5.74, 6) is 3.36. The van der Waals surface area contributed by atoms with E-state index in [1.807, 2.05) is 12.1 Å². The van der Waals surface area contributed by atoms with E-state index < -0.39 is 0 Å². The van der Waals surface area contributed by atoms with Gasteiger partial charge in [-0.15, -0.1) is 0 Å². The zero-order valence-corrected chi connectivity index (χ0v) is 15.5. The lowest BCUT2D eigenvalue weighted by Crippen LogP contribution is -2.50. The summed E-state index contributed by atoms with van der Waals surface area (Å²) in [6.07, 6.45) is 8.49. The Morgan fingerprint density at radius 2 is 1.65 bits per heavy atom. The van der Waals surface area contributed by atoms with E-state index in [2.05, 4.69) is 6.07 Å². The van der Waals surface area contributed by atoms with Crippen molar-refractivity contribution in [3.05, 3.63) is 29.3 Å². The molecule has 0 saturated heterocycles. The highest BCUT2D eigenvalue weighted by atomic mass is 16.5. The first-order chi connectivity index (χ1) is 12.6. The van der Waals surface area contributed by atoms with Crippen LogP contribution in [0.1, 0.15) is 44.1 Å². The number of nitrogens with zero attached hydrogens (tertiary/aromatic N) is 1. The summed E-state index contributed by atoms with van der Waals surface area (Å²) in [5, 5.41) is 9.69. The molecule has 4 saturated carbocycles. The molecule has 0 aliphatic heterocycles. The Labute approximate surface area is 154 Å². The first kappa shape index (κ1) is 17.1. The third-order valence-corrected chi connectivity index (χ3v) is 6.60. The van der Waals surface area contributed by atoms with Crippen LogP contribution >= 0.6 is 0 Å².